The predicted molar refractivity (Wildman–Crippen MR) is 77.1 cm³/mol. The summed E-state index contributed by atoms with van der Waals surface area (Å²) in [6.07, 6.45) is 0. The number of nitrogens with zero attached hydrogens (tertiary/aromatic N) is 1. The van der Waals surface area contributed by atoms with Crippen LogP contribution < -0.4 is 5.43 Å². The molecule has 1 aromatic rings. The lowest BCUT2D eigenvalue weighted by atomic mass is 9.86. The fraction of sp³-hybridized carbons (Fsp3) is 0.267. The number of benzene rings is 1. The van der Waals surface area contributed by atoms with E-state index < -0.39 is 17.9 Å². The third-order valence-corrected chi connectivity index (χ3v) is 3.23. The number of ether oxygens (including phenoxy) is 2. The minimum atomic E-state index is -0.743. The molecule has 0 fully saturated rings. The van der Waals surface area contributed by atoms with Gasteiger partial charge in [0.25, 0.3) is 0 Å². The van der Waals surface area contributed by atoms with Crippen LogP contribution in [0.2, 0.25) is 0 Å². The van der Waals surface area contributed by atoms with Crippen molar-refractivity contribution in [2.24, 2.45) is 11.0 Å². The van der Waals surface area contributed by atoms with Gasteiger partial charge in [-0.15, -0.1) is 0 Å². The van der Waals surface area contributed by atoms with Crippen molar-refractivity contribution >= 4 is 23.2 Å². The summed E-state index contributed by atoms with van der Waals surface area (Å²) in [5.41, 5.74) is 4.56. The molecule has 110 valence electrons. The maximum atomic E-state index is 12.1. The smallest absolute Gasteiger partial charge is 0.356 e. The molecule has 1 aromatic carbocycles. The lowest BCUT2D eigenvalue weighted by Crippen LogP contribution is -2.35. The van der Waals surface area contributed by atoms with Gasteiger partial charge in [-0.05, 0) is 12.5 Å². The topological polar surface area (TPSA) is 77.0 Å². The van der Waals surface area contributed by atoms with E-state index in [1.807, 2.05) is 30.3 Å². The molecule has 0 aromatic heterocycles. The Kier molecular flexibility index (Phi) is 4.37. The SMILES string of the molecule is COC(=O)C1=C(c2ccccc2)C(C(=O)OC)C(C)=NN1. The van der Waals surface area contributed by atoms with Crippen LogP contribution in [0.1, 0.15) is 12.5 Å². The molecule has 6 heteroatoms. The first-order valence-corrected chi connectivity index (χ1v) is 6.36. The Bertz CT molecular complexity index is 620. The molecule has 1 atom stereocenters. The average molecular weight is 288 g/mol. The minimum absolute atomic E-state index is 0.143. The number of nitrogens with one attached hydrogen (secondary N) is 1. The summed E-state index contributed by atoms with van der Waals surface area (Å²) in [5, 5.41) is 4.01. The summed E-state index contributed by atoms with van der Waals surface area (Å²) in [5.74, 6) is -1.80. The monoisotopic (exact) mass is 288 g/mol. The van der Waals surface area contributed by atoms with Crippen LogP contribution in [-0.2, 0) is 19.1 Å². The van der Waals surface area contributed by atoms with Crippen molar-refractivity contribution in [2.45, 2.75) is 6.92 Å². The van der Waals surface area contributed by atoms with E-state index in [2.05, 4.69) is 10.5 Å². The largest absolute Gasteiger partial charge is 0.468 e. The quantitative estimate of drug-likeness (QED) is 0.849. The van der Waals surface area contributed by atoms with E-state index in [1.165, 1.54) is 14.2 Å². The number of hydrogen-bond acceptors (Lipinski definition) is 6. The standard InChI is InChI=1S/C15H16N2O4/c1-9-11(14(18)20-2)12(10-7-5-4-6-8-10)13(17-16-9)15(19)21-3/h4-8,11,17H,1-3H3. The van der Waals surface area contributed by atoms with Crippen molar-refractivity contribution in [3.63, 3.8) is 0 Å². The molecule has 1 aliphatic heterocycles. The molecule has 0 spiro atoms. The third-order valence-electron chi connectivity index (χ3n) is 3.23. The van der Waals surface area contributed by atoms with Crippen molar-refractivity contribution in [3.05, 3.63) is 41.6 Å². The van der Waals surface area contributed by atoms with Gasteiger partial charge in [0.15, 0.2) is 0 Å². The van der Waals surface area contributed by atoms with E-state index >= 15 is 0 Å². The van der Waals surface area contributed by atoms with Crippen LogP contribution in [0.25, 0.3) is 5.57 Å². The molecule has 0 bridgehead atoms. The summed E-state index contributed by atoms with van der Waals surface area (Å²) >= 11 is 0. The zero-order chi connectivity index (χ0) is 15.4. The fourth-order valence-electron chi connectivity index (χ4n) is 2.21. The molecule has 1 aliphatic rings. The second-order valence-corrected chi connectivity index (χ2v) is 4.47. The molecule has 1 heterocycles. The van der Waals surface area contributed by atoms with Gasteiger partial charge in [-0.1, -0.05) is 30.3 Å². The number of carbonyl (C=O) groups is 2. The van der Waals surface area contributed by atoms with Crippen LogP contribution in [0.3, 0.4) is 0 Å². The molecule has 0 amide bonds. The predicted octanol–water partition coefficient (Wildman–Crippen LogP) is 1.34. The van der Waals surface area contributed by atoms with Crippen LogP contribution in [0.5, 0.6) is 0 Å². The Balaban J connectivity index is 2.63. The number of carbonyl (C=O) groups excluding carboxylic acids is 2. The molecule has 1 N–H and O–H groups in total. The van der Waals surface area contributed by atoms with Gasteiger partial charge in [0.2, 0.25) is 0 Å². The van der Waals surface area contributed by atoms with Crippen molar-refractivity contribution < 1.29 is 19.1 Å². The van der Waals surface area contributed by atoms with Crippen LogP contribution in [0.4, 0.5) is 0 Å². The van der Waals surface area contributed by atoms with E-state index in [0.29, 0.717) is 11.3 Å². The molecule has 21 heavy (non-hydrogen) atoms. The second-order valence-electron chi connectivity index (χ2n) is 4.47. The molecule has 0 radical (unpaired) electrons. The van der Waals surface area contributed by atoms with Gasteiger partial charge in [-0.25, -0.2) is 4.79 Å². The first-order chi connectivity index (χ1) is 10.1. The number of rotatable bonds is 3. The maximum Gasteiger partial charge on any atom is 0.356 e. The van der Waals surface area contributed by atoms with Gasteiger partial charge >= 0.3 is 11.9 Å². The Labute approximate surface area is 122 Å². The Morgan fingerprint density at radius 2 is 1.81 bits per heavy atom. The van der Waals surface area contributed by atoms with E-state index in [-0.39, 0.29) is 5.70 Å². The van der Waals surface area contributed by atoms with Crippen LogP contribution in [0.15, 0.2) is 41.1 Å². The molecule has 0 aliphatic carbocycles. The summed E-state index contributed by atoms with van der Waals surface area (Å²) in [7, 11) is 2.58. The zero-order valence-corrected chi connectivity index (χ0v) is 12.0. The lowest BCUT2D eigenvalue weighted by Gasteiger charge is -2.25. The zero-order valence-electron chi connectivity index (χ0n) is 12.0. The van der Waals surface area contributed by atoms with E-state index in [9.17, 15) is 9.59 Å². The molecule has 0 saturated heterocycles. The second kappa shape index (κ2) is 6.21. The Morgan fingerprint density at radius 1 is 1.14 bits per heavy atom. The van der Waals surface area contributed by atoms with E-state index in [4.69, 9.17) is 9.47 Å². The van der Waals surface area contributed by atoms with E-state index in [0.717, 1.165) is 5.56 Å². The van der Waals surface area contributed by atoms with E-state index in [1.54, 1.807) is 6.92 Å². The number of esters is 2. The first kappa shape index (κ1) is 14.8. The van der Waals surface area contributed by atoms with Gasteiger partial charge in [0.05, 0.1) is 19.9 Å². The van der Waals surface area contributed by atoms with Crippen LogP contribution in [-0.4, -0.2) is 31.9 Å². The normalized spacial score (nSPS) is 17.7. The van der Waals surface area contributed by atoms with Crippen LogP contribution >= 0.6 is 0 Å². The molecule has 6 nitrogen and oxygen atoms in total. The summed E-state index contributed by atoms with van der Waals surface area (Å²) in [4.78, 5) is 24.1. The Morgan fingerprint density at radius 3 is 2.38 bits per heavy atom. The molecular weight excluding hydrogens is 272 g/mol. The third kappa shape index (κ3) is 2.79. The van der Waals surface area contributed by atoms with Gasteiger partial charge in [0.1, 0.15) is 11.6 Å². The number of hydrazone groups is 1. The highest BCUT2D eigenvalue weighted by Crippen LogP contribution is 2.31. The van der Waals surface area contributed by atoms with Gasteiger partial charge in [-0.2, -0.15) is 5.10 Å². The average Bonchev–Trinajstić information content (AvgIpc) is 2.53. The van der Waals surface area contributed by atoms with Crippen molar-refractivity contribution in [1.82, 2.24) is 5.43 Å². The lowest BCUT2D eigenvalue weighted by molar-refractivity contribution is -0.141. The highest BCUT2D eigenvalue weighted by atomic mass is 16.5. The van der Waals surface area contributed by atoms with Gasteiger partial charge in [0, 0.05) is 5.57 Å². The Hall–Kier alpha value is -2.63. The van der Waals surface area contributed by atoms with Crippen molar-refractivity contribution in [3.8, 4) is 0 Å². The summed E-state index contributed by atoms with van der Waals surface area (Å²) in [6.45, 7) is 1.70. The highest BCUT2D eigenvalue weighted by molar-refractivity contribution is 6.16. The van der Waals surface area contributed by atoms with Crippen molar-refractivity contribution in [2.75, 3.05) is 14.2 Å². The van der Waals surface area contributed by atoms with Crippen LogP contribution in [0, 0.1) is 5.92 Å². The van der Waals surface area contributed by atoms with Gasteiger partial charge in [-0.3, -0.25) is 10.2 Å². The number of methoxy groups -OCH3 is 2. The summed E-state index contributed by atoms with van der Waals surface area (Å²) < 4.78 is 9.60. The first-order valence-electron chi connectivity index (χ1n) is 6.36. The molecule has 0 saturated carbocycles. The molecule has 2 rings (SSSR count). The van der Waals surface area contributed by atoms with Crippen molar-refractivity contribution in [1.29, 1.82) is 0 Å². The molecular formula is C15H16N2O4. The maximum absolute atomic E-state index is 12.1. The molecule has 1 unspecified atom stereocenters. The summed E-state index contributed by atoms with van der Waals surface area (Å²) in [6, 6.07) is 9.13. The highest BCUT2D eigenvalue weighted by Gasteiger charge is 2.35. The number of hydrogen-bond donors (Lipinski definition) is 1. The fourth-order valence-corrected chi connectivity index (χ4v) is 2.21. The van der Waals surface area contributed by atoms with Gasteiger partial charge < -0.3 is 9.47 Å². The minimum Gasteiger partial charge on any atom is -0.468 e.